The number of nitrogens with zero attached hydrogens (tertiary/aromatic N) is 6. The Morgan fingerprint density at radius 2 is 0.768 bits per heavy atom. The summed E-state index contributed by atoms with van der Waals surface area (Å²) >= 11 is 3.96. The lowest BCUT2D eigenvalue weighted by molar-refractivity contribution is 0.194. The van der Waals surface area contributed by atoms with Crippen molar-refractivity contribution in [3.05, 3.63) is 321 Å². The molecule has 28 rings (SSSR count). The lowest BCUT2D eigenvalue weighted by Crippen LogP contribution is -2.61. The average molecular weight is 1830 g/mol. The van der Waals surface area contributed by atoms with Crippen molar-refractivity contribution in [1.29, 1.82) is 0 Å². The van der Waals surface area contributed by atoms with E-state index in [0.717, 1.165) is 25.7 Å². The third kappa shape index (κ3) is 10.6. The summed E-state index contributed by atoms with van der Waals surface area (Å²) in [6.45, 7) is 52.0. The van der Waals surface area contributed by atoms with E-state index in [1.807, 2.05) is 22.7 Å². The topological polar surface area (TPSA) is 22.8 Å². The van der Waals surface area contributed by atoms with Gasteiger partial charge in [-0.25, -0.2) is 0 Å². The number of thiophene rings is 2. The number of hydrogen-bond acceptors (Lipinski definition) is 6. The summed E-state index contributed by atoms with van der Waals surface area (Å²) in [4.78, 5) is 11.3. The smallest absolute Gasteiger partial charge is 0.252 e. The van der Waals surface area contributed by atoms with Gasteiger partial charge in [0.1, 0.15) is 0 Å². The molecule has 0 amide bonds. The van der Waals surface area contributed by atoms with E-state index in [-0.39, 0.29) is 67.8 Å². The van der Waals surface area contributed by atoms with Crippen LogP contribution in [-0.4, -0.2) is 33.6 Å². The first-order valence-electron chi connectivity index (χ1n) is 51.5. The van der Waals surface area contributed by atoms with Crippen LogP contribution in [0.5, 0.6) is 0 Å². The van der Waals surface area contributed by atoms with Gasteiger partial charge < -0.3 is 28.7 Å². The second kappa shape index (κ2) is 27.3. The maximum absolute atomic E-state index is 2.87. The van der Waals surface area contributed by atoms with Gasteiger partial charge in [-0.05, 0) is 284 Å². The first-order valence-corrected chi connectivity index (χ1v) is 53.1. The molecule has 2 saturated carbocycles. The molecular formula is C128H122B2N6S2. The quantitative estimate of drug-likeness (QED) is 0.148. The Kier molecular flexibility index (Phi) is 16.6. The normalized spacial score (nSPS) is 20.7. The summed E-state index contributed by atoms with van der Waals surface area (Å²) in [6.07, 6.45) is 10.3. The Balaban J connectivity index is 0.603. The number of fused-ring (bicyclic) bond motifs is 30. The molecule has 14 aromatic carbocycles. The van der Waals surface area contributed by atoms with Crippen LogP contribution < -0.4 is 52.4 Å². The van der Waals surface area contributed by atoms with Crippen molar-refractivity contribution < 1.29 is 0 Å². The zero-order valence-corrected chi connectivity index (χ0v) is 85.8. The van der Waals surface area contributed by atoms with Crippen LogP contribution in [0.15, 0.2) is 249 Å². The molecule has 10 heterocycles. The van der Waals surface area contributed by atoms with Crippen LogP contribution >= 0.6 is 22.7 Å². The van der Waals surface area contributed by atoms with E-state index in [9.17, 15) is 0 Å². The summed E-state index contributed by atoms with van der Waals surface area (Å²) in [6, 6.07) is 101. The maximum Gasteiger partial charge on any atom is 0.252 e. The number of anilines is 10. The molecule has 18 aromatic rings. The highest BCUT2D eigenvalue weighted by molar-refractivity contribution is 7.26. The highest BCUT2D eigenvalue weighted by atomic mass is 32.1. The fourth-order valence-electron chi connectivity index (χ4n) is 29.9. The Morgan fingerprint density at radius 3 is 1.31 bits per heavy atom. The van der Waals surface area contributed by atoms with Crippen molar-refractivity contribution >= 4 is 188 Å². The van der Waals surface area contributed by atoms with E-state index in [1.165, 1.54) is 290 Å². The fourth-order valence-corrected chi connectivity index (χ4v) is 32.3. The minimum atomic E-state index is -0.259. The molecule has 10 heteroatoms. The predicted molar refractivity (Wildman–Crippen MR) is 594 cm³/mol. The molecule has 4 aliphatic carbocycles. The SMILES string of the molecule is Cc1cc2c3c(c1)-n1c4c(c5cc(C(C)(C)C)cc(c51)B3c1ccc(N3c5ccc(C(C)(C)Cc6cccc7c6sc6cccc(N8c9cc(N%10c%11ccc(C(C)(C)C)cc%11C%11(C)CCCCC%10%11C)ccc9B9c%10c8cc(C)cc%10-n8c%10c(c%11cc(C(C)(C)C)cc9c%118)C(C)(C)c8ccccc8-%10)c67)cc5C5(C)CCCCC35C)cc1N2c1cccc2c1sc1ccccc12)C(C)(C)c1ccccc1-4. The molecule has 10 aliphatic rings. The predicted octanol–water partition coefficient (Wildman–Crippen LogP) is 30.7. The van der Waals surface area contributed by atoms with Crippen LogP contribution in [0.25, 0.3) is 96.0 Å². The fraction of sp³-hybridized carbons (Fsp3) is 0.312. The highest BCUT2D eigenvalue weighted by Gasteiger charge is 2.61. The summed E-state index contributed by atoms with van der Waals surface area (Å²) in [5.74, 6) is 0. The third-order valence-corrected chi connectivity index (χ3v) is 39.6. The van der Waals surface area contributed by atoms with Gasteiger partial charge in [-0.3, -0.25) is 0 Å². The second-order valence-corrected chi connectivity index (χ2v) is 51.3. The van der Waals surface area contributed by atoms with Gasteiger partial charge in [0.25, 0.3) is 13.4 Å². The second-order valence-electron chi connectivity index (χ2n) is 49.2. The van der Waals surface area contributed by atoms with Crippen LogP contribution in [-0.2, 0) is 49.7 Å². The minimum Gasteiger partial charge on any atom is -0.334 e. The molecule has 4 aromatic heterocycles. The summed E-state index contributed by atoms with van der Waals surface area (Å²) in [7, 11) is 0. The first kappa shape index (κ1) is 84.0. The molecule has 0 spiro atoms. The van der Waals surface area contributed by atoms with Crippen LogP contribution in [0, 0.1) is 13.8 Å². The third-order valence-electron chi connectivity index (χ3n) is 37.2. The van der Waals surface area contributed by atoms with Gasteiger partial charge in [-0.1, -0.05) is 295 Å². The molecular weight excluding hydrogens is 1710 g/mol. The van der Waals surface area contributed by atoms with Crippen LogP contribution in [0.1, 0.15) is 255 Å². The number of aromatic nitrogens is 2. The number of aryl methyl sites for hydroxylation is 2. The van der Waals surface area contributed by atoms with E-state index < -0.39 is 0 Å². The number of rotatable bonds is 7. The lowest BCUT2D eigenvalue weighted by Gasteiger charge is -2.50. The molecule has 0 radical (unpaired) electrons. The zero-order chi connectivity index (χ0) is 94.5. The molecule has 6 nitrogen and oxygen atoms in total. The van der Waals surface area contributed by atoms with Crippen molar-refractivity contribution in [2.24, 2.45) is 0 Å². The summed E-state index contributed by atoms with van der Waals surface area (Å²) in [5.41, 5.74) is 48.8. The molecule has 6 aliphatic heterocycles. The van der Waals surface area contributed by atoms with Crippen LogP contribution in [0.4, 0.5) is 56.9 Å². The largest absolute Gasteiger partial charge is 0.334 e. The van der Waals surface area contributed by atoms with E-state index in [4.69, 9.17) is 0 Å². The van der Waals surface area contributed by atoms with Crippen molar-refractivity contribution in [2.45, 2.75) is 258 Å². The standard InChI is InChI=1S/C128H122B2N6S2/c1-72-59-102-111-104(61-72)133-113-86(109-115(133)83-37-22-25-41-88(83)123(109,14)15)63-77(120(6,7)8)67-94(113)129(111)92-51-49-79(135-96-53-47-75(119(3,4)5)65-90(96)125(18)55-28-30-57-127(125,135)20)69-100(92)131(102)98-43-34-46-107-108(98)85-40-32-35-74(117(85)138-107)71-122(12,13)76-48-54-97-91(66-76)126(19)56-29-31-58-128(126,21)136(97)80-50-52-93-101(70-80)132(99-44-33-39-82-81-36-24-27-45-106(81)137-118(82)99)103-60-73(2)62-105-112(103)130(93)95-68-78(121(9,10)11)64-87-110-116(134(105)114(87)95)84-38-23-26-42-89(84)124(110,16)17/h22-27,32-54,59-70H,28-31,55-58,71H2,1-21H3. The molecule has 682 valence electrons. The van der Waals surface area contributed by atoms with Crippen LogP contribution in [0.3, 0.4) is 0 Å². The van der Waals surface area contributed by atoms with Gasteiger partial charge in [0.15, 0.2) is 0 Å². The van der Waals surface area contributed by atoms with E-state index in [2.05, 4.69) is 423 Å². The van der Waals surface area contributed by atoms with E-state index in [1.54, 1.807) is 0 Å². The minimum absolute atomic E-state index is 0.0188. The molecule has 0 bridgehead atoms. The van der Waals surface area contributed by atoms with Gasteiger partial charge >= 0.3 is 0 Å². The van der Waals surface area contributed by atoms with Gasteiger partial charge in [-0.2, -0.15) is 0 Å². The summed E-state index contributed by atoms with van der Waals surface area (Å²) < 4.78 is 10.9. The Labute approximate surface area is 822 Å². The lowest BCUT2D eigenvalue weighted by atomic mass is 9.33. The van der Waals surface area contributed by atoms with Gasteiger partial charge in [0, 0.05) is 147 Å². The molecule has 0 N–H and O–H groups in total. The van der Waals surface area contributed by atoms with Crippen molar-refractivity contribution in [1.82, 2.24) is 9.13 Å². The first-order chi connectivity index (χ1) is 65.9. The maximum atomic E-state index is 2.87. The zero-order valence-electron chi connectivity index (χ0n) is 84.2. The Morgan fingerprint density at radius 1 is 0.326 bits per heavy atom. The molecule has 4 atom stereocenters. The number of hydrogen-bond donors (Lipinski definition) is 0. The van der Waals surface area contributed by atoms with Crippen molar-refractivity contribution in [3.63, 3.8) is 0 Å². The van der Waals surface area contributed by atoms with E-state index >= 15 is 0 Å². The molecule has 4 unspecified atom stereocenters. The monoisotopic (exact) mass is 1830 g/mol. The van der Waals surface area contributed by atoms with Gasteiger partial charge in [-0.15, -0.1) is 22.7 Å². The van der Waals surface area contributed by atoms with Gasteiger partial charge in [0.2, 0.25) is 0 Å². The van der Waals surface area contributed by atoms with Crippen molar-refractivity contribution in [3.8, 4) is 33.9 Å². The average Bonchev–Trinajstić information content (AvgIpc) is 1.51. The highest BCUT2D eigenvalue weighted by Crippen LogP contribution is 2.67. The van der Waals surface area contributed by atoms with Crippen molar-refractivity contribution in [2.75, 3.05) is 19.6 Å². The Hall–Kier alpha value is -12.1. The molecule has 2 fully saturated rings. The molecule has 0 saturated heterocycles. The van der Waals surface area contributed by atoms with Crippen LogP contribution in [0.2, 0.25) is 0 Å². The van der Waals surface area contributed by atoms with E-state index in [0.29, 0.717) is 0 Å². The van der Waals surface area contributed by atoms with Gasteiger partial charge in [0.05, 0.1) is 38.5 Å². The molecule has 138 heavy (non-hydrogen) atoms. The Bertz CT molecular complexity index is 8580. The summed E-state index contributed by atoms with van der Waals surface area (Å²) in [5, 5.41) is 8.08. The number of benzene rings is 14.